The van der Waals surface area contributed by atoms with E-state index >= 15 is 0 Å². The van der Waals surface area contributed by atoms with Gasteiger partial charge in [-0.05, 0) is 75.6 Å². The Hall–Kier alpha value is -4.19. The average molecular weight is 457 g/mol. The van der Waals surface area contributed by atoms with Gasteiger partial charge in [-0.3, -0.25) is 9.59 Å². The fourth-order valence-electron chi connectivity index (χ4n) is 3.59. The smallest absolute Gasteiger partial charge is 0.216 e. The molecule has 0 amide bonds. The van der Waals surface area contributed by atoms with Gasteiger partial charge in [0.2, 0.25) is 5.43 Å². The van der Waals surface area contributed by atoms with Crippen LogP contribution in [0.1, 0.15) is 40.9 Å². The highest BCUT2D eigenvalue weighted by Crippen LogP contribution is 2.34. The number of rotatable bonds is 5. The predicted octanol–water partition coefficient (Wildman–Crippen LogP) is 6.00. The maximum absolute atomic E-state index is 12.8. The van der Waals surface area contributed by atoms with E-state index < -0.39 is 5.78 Å². The van der Waals surface area contributed by atoms with Crippen LogP contribution in [0, 0.1) is 20.8 Å². The average Bonchev–Trinajstić information content (AvgIpc) is 3.27. The maximum Gasteiger partial charge on any atom is 0.216 e. The molecule has 4 aromatic rings. The highest BCUT2D eigenvalue weighted by Gasteiger charge is 2.18. The third kappa shape index (κ3) is 5.07. The lowest BCUT2D eigenvalue weighted by atomic mass is 10.1. The summed E-state index contributed by atoms with van der Waals surface area (Å²) in [6.07, 6.45) is 4.40. The summed E-state index contributed by atoms with van der Waals surface area (Å²) in [6, 6.07) is 13.7. The number of fused-ring (bicyclic) bond motifs is 1. The molecule has 4 rings (SSSR count). The number of benzene rings is 2. The van der Waals surface area contributed by atoms with Crippen LogP contribution in [0.25, 0.3) is 16.7 Å². The van der Waals surface area contributed by atoms with E-state index in [0.29, 0.717) is 16.8 Å². The minimum atomic E-state index is -0.421. The lowest BCUT2D eigenvalue weighted by Crippen LogP contribution is -2.17. The van der Waals surface area contributed by atoms with Crippen LogP contribution in [0.15, 0.2) is 72.3 Å². The van der Waals surface area contributed by atoms with E-state index in [9.17, 15) is 14.4 Å². The summed E-state index contributed by atoms with van der Waals surface area (Å²) in [4.78, 5) is 37.5. The summed E-state index contributed by atoms with van der Waals surface area (Å²) < 4.78 is 8.17. The van der Waals surface area contributed by atoms with E-state index in [1.807, 2.05) is 67.8 Å². The van der Waals surface area contributed by atoms with Crippen molar-refractivity contribution < 1.29 is 14.3 Å². The van der Waals surface area contributed by atoms with Crippen molar-refractivity contribution in [3.05, 3.63) is 100.0 Å². The van der Waals surface area contributed by atoms with Crippen LogP contribution in [0.3, 0.4) is 0 Å². The third-order valence-corrected chi connectivity index (χ3v) is 5.16. The largest absolute Gasteiger partial charge is 0.455 e. The number of nitrogens with one attached hydrogen (secondary N) is 1. The Kier molecular flexibility index (Phi) is 7.31. The number of H-pyrrole nitrogens is 1. The van der Waals surface area contributed by atoms with E-state index in [0.717, 1.165) is 34.2 Å². The van der Waals surface area contributed by atoms with E-state index in [-0.39, 0.29) is 16.8 Å². The molecule has 0 aliphatic heterocycles. The van der Waals surface area contributed by atoms with Gasteiger partial charge >= 0.3 is 0 Å². The summed E-state index contributed by atoms with van der Waals surface area (Å²) in [6.45, 7) is 12.6. The van der Waals surface area contributed by atoms with Crippen molar-refractivity contribution in [3.63, 3.8) is 0 Å². The minimum Gasteiger partial charge on any atom is -0.455 e. The van der Waals surface area contributed by atoms with Crippen LogP contribution in [-0.2, 0) is 4.79 Å². The number of aryl methyl sites for hydroxylation is 3. The Bertz CT molecular complexity index is 1430. The Balaban J connectivity index is 0.000000751. The number of allylic oxidation sites excluding steroid dienone is 1. The van der Waals surface area contributed by atoms with Gasteiger partial charge in [-0.2, -0.15) is 0 Å². The minimum absolute atomic E-state index is 0.0551. The Labute approximate surface area is 198 Å². The van der Waals surface area contributed by atoms with Gasteiger partial charge < -0.3 is 19.1 Å². The molecule has 0 aliphatic carbocycles. The quantitative estimate of drug-likeness (QED) is 0.295. The van der Waals surface area contributed by atoms with Crippen molar-refractivity contribution in [2.24, 2.45) is 0 Å². The van der Waals surface area contributed by atoms with Gasteiger partial charge in [0.15, 0.2) is 11.5 Å². The molecule has 34 heavy (non-hydrogen) atoms. The molecule has 0 unspecified atom stereocenters. The lowest BCUT2D eigenvalue weighted by Gasteiger charge is -2.18. The molecule has 174 valence electrons. The van der Waals surface area contributed by atoms with Crippen molar-refractivity contribution in [1.82, 2.24) is 9.55 Å². The second kappa shape index (κ2) is 10.2. The fraction of sp³-hybridized carbons (Fsp3) is 0.179. The summed E-state index contributed by atoms with van der Waals surface area (Å²) in [5, 5.41) is 0. The number of carbonyl (C=O) groups excluding carboxylic acids is 2. The molecule has 0 atom stereocenters. The molecule has 0 spiro atoms. The fourth-order valence-corrected chi connectivity index (χ4v) is 3.59. The van der Waals surface area contributed by atoms with Crippen molar-refractivity contribution in [2.45, 2.75) is 34.6 Å². The Morgan fingerprint density at radius 2 is 1.68 bits per heavy atom. The van der Waals surface area contributed by atoms with Gasteiger partial charge in [0.25, 0.3) is 0 Å². The first-order valence-corrected chi connectivity index (χ1v) is 10.9. The molecule has 0 fully saturated rings. The first kappa shape index (κ1) is 24.5. The monoisotopic (exact) mass is 456 g/mol. The van der Waals surface area contributed by atoms with Crippen LogP contribution >= 0.6 is 0 Å². The molecule has 1 N–H and O–H groups in total. The topological polar surface area (TPSA) is 81.2 Å². The number of Topliss-reactive ketones (excluding diaryl/α,β-unsaturated/α-hetero) is 1. The van der Waals surface area contributed by atoms with E-state index in [1.165, 1.54) is 13.8 Å². The number of nitrogens with zero attached hydrogens (tertiary/aromatic N) is 1. The first-order valence-electron chi connectivity index (χ1n) is 10.9. The molecule has 0 aliphatic rings. The molecule has 2 heterocycles. The maximum atomic E-state index is 12.8. The van der Waals surface area contributed by atoms with Gasteiger partial charge in [0, 0.05) is 12.4 Å². The summed E-state index contributed by atoms with van der Waals surface area (Å²) >= 11 is 0. The van der Waals surface area contributed by atoms with E-state index in [2.05, 4.69) is 11.6 Å². The van der Waals surface area contributed by atoms with Crippen molar-refractivity contribution >= 4 is 22.6 Å². The van der Waals surface area contributed by atoms with E-state index in [1.54, 1.807) is 12.4 Å². The summed E-state index contributed by atoms with van der Waals surface area (Å²) in [5.41, 5.74) is 4.55. The number of aromatic amines is 1. The molecule has 0 bridgehead atoms. The van der Waals surface area contributed by atoms with Crippen LogP contribution in [-0.4, -0.2) is 21.1 Å². The van der Waals surface area contributed by atoms with Crippen molar-refractivity contribution in [3.8, 4) is 17.2 Å². The van der Waals surface area contributed by atoms with Crippen LogP contribution in [0.5, 0.6) is 11.5 Å². The van der Waals surface area contributed by atoms with Crippen LogP contribution in [0.2, 0.25) is 0 Å². The number of pyridine rings is 1. The Morgan fingerprint density at radius 3 is 2.29 bits per heavy atom. The number of ketones is 2. The number of hydrogen-bond donors (Lipinski definition) is 1. The zero-order chi connectivity index (χ0) is 25.0. The molecule has 0 saturated heterocycles. The molecule has 6 heteroatoms. The number of hydrogen-bond acceptors (Lipinski definition) is 4. The SMILES string of the molecule is C=CC(=O)c1cn(-c2cc(C)ccc2Oc2c(C)cccc2C)c2cc[nH]c2c1=O.CC(C)=O. The number of ether oxygens (including phenoxy) is 1. The number of carbonyl (C=O) groups is 2. The highest BCUT2D eigenvalue weighted by atomic mass is 16.5. The molecule has 2 aromatic carbocycles. The molecule has 6 nitrogen and oxygen atoms in total. The molecule has 0 saturated carbocycles. The third-order valence-electron chi connectivity index (χ3n) is 5.16. The van der Waals surface area contributed by atoms with Crippen LogP contribution in [0.4, 0.5) is 0 Å². The highest BCUT2D eigenvalue weighted by molar-refractivity contribution is 6.05. The standard InChI is InChI=1S/C25H22N2O3.C3H6O/c1-5-21(28)18-14-27(19-11-12-26-23(19)24(18)29)20-13-15(2)9-10-22(20)30-25-16(3)7-6-8-17(25)4;1-3(2)4/h5-14,26H,1H2,2-4H3;1-2H3. The van der Waals surface area contributed by atoms with Crippen molar-refractivity contribution in [1.29, 1.82) is 0 Å². The normalized spacial score (nSPS) is 10.4. The van der Waals surface area contributed by atoms with Gasteiger partial charge in [0.05, 0.1) is 16.8 Å². The predicted molar refractivity (Wildman–Crippen MR) is 136 cm³/mol. The van der Waals surface area contributed by atoms with E-state index in [4.69, 9.17) is 4.74 Å². The van der Waals surface area contributed by atoms with Crippen molar-refractivity contribution in [2.75, 3.05) is 0 Å². The van der Waals surface area contributed by atoms with Gasteiger partial charge in [-0.1, -0.05) is 30.8 Å². The number of aromatic nitrogens is 2. The zero-order valence-corrected chi connectivity index (χ0v) is 20.1. The summed E-state index contributed by atoms with van der Waals surface area (Å²) in [5.74, 6) is 1.16. The second-order valence-electron chi connectivity index (χ2n) is 8.25. The molecular formula is C28H28N2O4. The molecular weight excluding hydrogens is 428 g/mol. The second-order valence-corrected chi connectivity index (χ2v) is 8.25. The molecule has 2 aromatic heterocycles. The lowest BCUT2D eigenvalue weighted by molar-refractivity contribution is -0.115. The first-order chi connectivity index (χ1) is 16.1. The van der Waals surface area contributed by atoms with Gasteiger partial charge in [0.1, 0.15) is 17.0 Å². The molecule has 0 radical (unpaired) electrons. The van der Waals surface area contributed by atoms with Gasteiger partial charge in [-0.25, -0.2) is 0 Å². The van der Waals surface area contributed by atoms with Crippen LogP contribution < -0.4 is 10.2 Å². The van der Waals surface area contributed by atoms with Gasteiger partial charge in [-0.15, -0.1) is 0 Å². The number of para-hydroxylation sites is 1. The zero-order valence-electron chi connectivity index (χ0n) is 20.1. The Morgan fingerprint density at radius 1 is 1.03 bits per heavy atom. The summed E-state index contributed by atoms with van der Waals surface area (Å²) in [7, 11) is 0.